The Hall–Kier alpha value is -1.99. The van der Waals surface area contributed by atoms with Gasteiger partial charge in [-0.15, -0.1) is 11.3 Å². The van der Waals surface area contributed by atoms with Crippen LogP contribution in [0.1, 0.15) is 16.2 Å². The third-order valence-electron chi connectivity index (χ3n) is 2.72. The van der Waals surface area contributed by atoms with Crippen molar-refractivity contribution < 1.29 is 14.3 Å². The highest BCUT2D eigenvalue weighted by molar-refractivity contribution is 7.20. The summed E-state index contributed by atoms with van der Waals surface area (Å²) in [5.41, 5.74) is 0.833. The van der Waals surface area contributed by atoms with E-state index in [2.05, 4.69) is 15.6 Å². The molecule has 6 nitrogen and oxygen atoms in total. The summed E-state index contributed by atoms with van der Waals surface area (Å²) in [4.78, 5) is 27.4. The molecule has 0 fully saturated rings. The molecule has 2 N–H and O–H groups in total. The maximum atomic E-state index is 11.9. The lowest BCUT2D eigenvalue weighted by molar-refractivity contribution is -0.124. The molecule has 1 aromatic heterocycles. The maximum Gasteiger partial charge on any atom is 0.280 e. The molecule has 2 rings (SSSR count). The van der Waals surface area contributed by atoms with E-state index in [0.29, 0.717) is 24.5 Å². The number of hydrogen-bond donors (Lipinski definition) is 2. The summed E-state index contributed by atoms with van der Waals surface area (Å²) >= 11 is 1.37. The molecule has 0 saturated carbocycles. The van der Waals surface area contributed by atoms with Crippen molar-refractivity contribution in [3.63, 3.8) is 0 Å². The molecule has 2 amide bonds. The van der Waals surface area contributed by atoms with E-state index in [4.69, 9.17) is 4.74 Å². The van der Waals surface area contributed by atoms with Crippen LogP contribution < -0.4 is 10.6 Å². The summed E-state index contributed by atoms with van der Waals surface area (Å²) in [5, 5.41) is 5.94. The lowest BCUT2D eigenvalue weighted by atomic mass is 10.3. The molecule has 0 atom stereocenters. The molecule has 112 valence electrons. The second-order valence-electron chi connectivity index (χ2n) is 4.38. The van der Waals surface area contributed by atoms with Gasteiger partial charge in [0.25, 0.3) is 5.91 Å². The molecular formula is C14H17N3O3S. The molecular weight excluding hydrogens is 290 g/mol. The van der Waals surface area contributed by atoms with Gasteiger partial charge < -0.3 is 15.4 Å². The minimum Gasteiger partial charge on any atom is -0.375 e. The lowest BCUT2D eigenvalue weighted by Crippen LogP contribution is -2.31. The molecule has 21 heavy (non-hydrogen) atoms. The van der Waals surface area contributed by atoms with E-state index in [1.807, 2.05) is 24.3 Å². The molecule has 1 aromatic carbocycles. The number of aromatic nitrogens is 1. The van der Waals surface area contributed by atoms with Crippen LogP contribution in [-0.2, 0) is 9.53 Å². The number of hydrogen-bond acceptors (Lipinski definition) is 5. The first-order chi connectivity index (χ1) is 10.2. The van der Waals surface area contributed by atoms with Gasteiger partial charge in [-0.3, -0.25) is 9.59 Å². The largest absolute Gasteiger partial charge is 0.375 e. The highest BCUT2D eigenvalue weighted by atomic mass is 32.1. The third kappa shape index (κ3) is 4.51. The predicted octanol–water partition coefficient (Wildman–Crippen LogP) is 1.18. The van der Waals surface area contributed by atoms with Crippen LogP contribution in [0.15, 0.2) is 24.3 Å². The van der Waals surface area contributed by atoms with Crippen LogP contribution in [0.4, 0.5) is 0 Å². The van der Waals surface area contributed by atoms with E-state index in [1.54, 1.807) is 0 Å². The standard InChI is InChI=1S/C14H17N3O3S/c1-20-9-12(18)15-7-4-8-16-13(19)14-17-10-5-2-3-6-11(10)21-14/h2-3,5-6H,4,7-9H2,1H3,(H,15,18)(H,16,19). The highest BCUT2D eigenvalue weighted by Crippen LogP contribution is 2.21. The number of carbonyl (C=O) groups excluding carboxylic acids is 2. The zero-order valence-electron chi connectivity index (χ0n) is 11.7. The molecule has 0 aliphatic heterocycles. The van der Waals surface area contributed by atoms with E-state index < -0.39 is 0 Å². The SMILES string of the molecule is COCC(=O)NCCCNC(=O)c1nc2ccccc2s1. The molecule has 0 unspecified atom stereocenters. The van der Waals surface area contributed by atoms with Gasteiger partial charge in [-0.1, -0.05) is 12.1 Å². The number of amides is 2. The second kappa shape index (κ2) is 7.70. The summed E-state index contributed by atoms with van der Waals surface area (Å²) < 4.78 is 5.69. The number of nitrogens with zero attached hydrogens (tertiary/aromatic N) is 1. The number of para-hydroxylation sites is 1. The van der Waals surface area contributed by atoms with E-state index in [0.717, 1.165) is 10.2 Å². The Morgan fingerprint density at radius 1 is 1.24 bits per heavy atom. The topological polar surface area (TPSA) is 80.3 Å². The first-order valence-electron chi connectivity index (χ1n) is 6.60. The fourth-order valence-corrected chi connectivity index (χ4v) is 2.63. The van der Waals surface area contributed by atoms with E-state index in [1.165, 1.54) is 18.4 Å². The Labute approximate surface area is 126 Å². The minimum atomic E-state index is -0.181. The minimum absolute atomic E-state index is 0.0536. The summed E-state index contributed by atoms with van der Waals surface area (Å²) in [6.45, 7) is 1.04. The first kappa shape index (κ1) is 15.4. The Morgan fingerprint density at radius 2 is 2.00 bits per heavy atom. The second-order valence-corrected chi connectivity index (χ2v) is 5.41. The van der Waals surface area contributed by atoms with Gasteiger partial charge in [0.05, 0.1) is 10.2 Å². The average Bonchev–Trinajstić information content (AvgIpc) is 2.91. The van der Waals surface area contributed by atoms with Crippen molar-refractivity contribution in [2.24, 2.45) is 0 Å². The number of thiazole rings is 1. The number of ether oxygens (including phenoxy) is 1. The monoisotopic (exact) mass is 307 g/mol. The fraction of sp³-hybridized carbons (Fsp3) is 0.357. The quantitative estimate of drug-likeness (QED) is 0.753. The van der Waals surface area contributed by atoms with Crippen molar-refractivity contribution in [3.8, 4) is 0 Å². The van der Waals surface area contributed by atoms with Crippen LogP contribution in [0.2, 0.25) is 0 Å². The number of rotatable bonds is 7. The van der Waals surface area contributed by atoms with Crippen LogP contribution in [0, 0.1) is 0 Å². The van der Waals surface area contributed by atoms with Gasteiger partial charge in [-0.2, -0.15) is 0 Å². The summed E-state index contributed by atoms with van der Waals surface area (Å²) in [7, 11) is 1.47. The van der Waals surface area contributed by atoms with Gasteiger partial charge in [0.2, 0.25) is 5.91 Å². The van der Waals surface area contributed by atoms with Crippen molar-refractivity contribution in [3.05, 3.63) is 29.3 Å². The van der Waals surface area contributed by atoms with Crippen LogP contribution in [0.5, 0.6) is 0 Å². The Morgan fingerprint density at radius 3 is 2.76 bits per heavy atom. The molecule has 0 spiro atoms. The first-order valence-corrected chi connectivity index (χ1v) is 7.42. The summed E-state index contributed by atoms with van der Waals surface area (Å²) in [6.07, 6.45) is 0.659. The van der Waals surface area contributed by atoms with Gasteiger partial charge in [-0.25, -0.2) is 4.98 Å². The van der Waals surface area contributed by atoms with Crippen molar-refractivity contribution >= 4 is 33.4 Å². The smallest absolute Gasteiger partial charge is 0.280 e. The summed E-state index contributed by atoms with van der Waals surface area (Å²) in [5.74, 6) is -0.339. The van der Waals surface area contributed by atoms with Crippen LogP contribution in [0.3, 0.4) is 0 Å². The molecule has 0 aliphatic carbocycles. The Balaban J connectivity index is 1.73. The average molecular weight is 307 g/mol. The van der Waals surface area contributed by atoms with Gasteiger partial charge in [-0.05, 0) is 18.6 Å². The van der Waals surface area contributed by atoms with E-state index in [9.17, 15) is 9.59 Å². The van der Waals surface area contributed by atoms with Gasteiger partial charge >= 0.3 is 0 Å². The van der Waals surface area contributed by atoms with Crippen molar-refractivity contribution in [2.75, 3.05) is 26.8 Å². The Bertz CT molecular complexity index is 594. The maximum absolute atomic E-state index is 11.9. The van der Waals surface area contributed by atoms with Crippen molar-refractivity contribution in [1.29, 1.82) is 0 Å². The number of benzene rings is 1. The third-order valence-corrected chi connectivity index (χ3v) is 3.76. The predicted molar refractivity (Wildman–Crippen MR) is 81.5 cm³/mol. The molecule has 0 bridgehead atoms. The summed E-state index contributed by atoms with van der Waals surface area (Å²) in [6, 6.07) is 7.64. The fourth-order valence-electron chi connectivity index (χ4n) is 1.75. The Kier molecular flexibility index (Phi) is 5.65. The molecule has 2 aromatic rings. The van der Waals surface area contributed by atoms with Crippen LogP contribution in [-0.4, -0.2) is 43.6 Å². The molecule has 0 aliphatic rings. The van der Waals surface area contributed by atoms with Crippen LogP contribution >= 0.6 is 11.3 Å². The van der Waals surface area contributed by atoms with Gasteiger partial charge in [0.15, 0.2) is 5.01 Å². The highest BCUT2D eigenvalue weighted by Gasteiger charge is 2.11. The van der Waals surface area contributed by atoms with E-state index >= 15 is 0 Å². The number of fused-ring (bicyclic) bond motifs is 1. The van der Waals surface area contributed by atoms with Crippen molar-refractivity contribution in [2.45, 2.75) is 6.42 Å². The number of methoxy groups -OCH3 is 1. The number of carbonyl (C=O) groups is 2. The molecule has 0 radical (unpaired) electrons. The van der Waals surface area contributed by atoms with Gasteiger partial charge in [0, 0.05) is 20.2 Å². The lowest BCUT2D eigenvalue weighted by Gasteiger charge is -2.05. The van der Waals surface area contributed by atoms with Crippen molar-refractivity contribution in [1.82, 2.24) is 15.6 Å². The normalized spacial score (nSPS) is 10.5. The zero-order chi connectivity index (χ0) is 15.1. The van der Waals surface area contributed by atoms with Gasteiger partial charge in [0.1, 0.15) is 6.61 Å². The van der Waals surface area contributed by atoms with E-state index in [-0.39, 0.29) is 18.4 Å². The molecule has 7 heteroatoms. The zero-order valence-corrected chi connectivity index (χ0v) is 12.5. The molecule has 0 saturated heterocycles. The van der Waals surface area contributed by atoms with Crippen LogP contribution in [0.25, 0.3) is 10.2 Å². The number of nitrogens with one attached hydrogen (secondary N) is 2. The molecule has 1 heterocycles.